The van der Waals surface area contributed by atoms with Crippen LogP contribution in [0.4, 0.5) is 0 Å². The van der Waals surface area contributed by atoms with Crippen LogP contribution in [-0.2, 0) is 9.53 Å². The predicted octanol–water partition coefficient (Wildman–Crippen LogP) is 3.11. The number of benzene rings is 2. The average Bonchev–Trinajstić information content (AvgIpc) is 3.04. The van der Waals surface area contributed by atoms with Crippen molar-refractivity contribution in [3.8, 4) is 5.75 Å². The first-order valence-electron chi connectivity index (χ1n) is 9.63. The number of carbonyl (C=O) groups excluding carboxylic acids is 1. The maximum absolute atomic E-state index is 13.4. The molecule has 6 nitrogen and oxygen atoms in total. The van der Waals surface area contributed by atoms with Gasteiger partial charge in [-0.25, -0.2) is 9.79 Å². The summed E-state index contributed by atoms with van der Waals surface area (Å²) in [6.07, 6.45) is 1.83. The van der Waals surface area contributed by atoms with E-state index in [1.807, 2.05) is 30.3 Å². The fourth-order valence-electron chi connectivity index (χ4n) is 3.47. The van der Waals surface area contributed by atoms with E-state index in [1.165, 1.54) is 28.0 Å². The second-order valence-electron chi connectivity index (χ2n) is 6.95. The van der Waals surface area contributed by atoms with Gasteiger partial charge in [0.1, 0.15) is 5.75 Å². The number of phenols is 1. The van der Waals surface area contributed by atoms with Crippen molar-refractivity contribution in [2.24, 2.45) is 4.99 Å². The second-order valence-corrected chi connectivity index (χ2v) is 9.20. The van der Waals surface area contributed by atoms with Gasteiger partial charge in [0.25, 0.3) is 5.56 Å². The molecule has 0 unspecified atom stereocenters. The zero-order valence-electron chi connectivity index (χ0n) is 16.8. The Labute approximate surface area is 196 Å². The van der Waals surface area contributed by atoms with E-state index >= 15 is 0 Å². The van der Waals surface area contributed by atoms with Gasteiger partial charge in [-0.15, -0.1) is 0 Å². The summed E-state index contributed by atoms with van der Waals surface area (Å²) in [7, 11) is 0. The summed E-state index contributed by atoms with van der Waals surface area (Å²) >= 11 is 3.52. The summed E-state index contributed by atoms with van der Waals surface area (Å²) in [6, 6.07) is 13.7. The van der Waals surface area contributed by atoms with Gasteiger partial charge in [0, 0.05) is 3.57 Å². The van der Waals surface area contributed by atoms with Gasteiger partial charge >= 0.3 is 5.97 Å². The number of esters is 1. The van der Waals surface area contributed by atoms with E-state index in [9.17, 15) is 14.7 Å². The molecule has 2 aromatic carbocycles. The normalized spacial score (nSPS) is 16.1. The molecule has 0 amide bonds. The van der Waals surface area contributed by atoms with Crippen LogP contribution in [0.5, 0.6) is 5.75 Å². The highest BCUT2D eigenvalue weighted by Gasteiger charge is 2.33. The number of hydrogen-bond donors (Lipinski definition) is 1. The van der Waals surface area contributed by atoms with Crippen molar-refractivity contribution in [2.45, 2.75) is 19.9 Å². The molecule has 0 radical (unpaired) electrons. The van der Waals surface area contributed by atoms with E-state index in [0.717, 1.165) is 9.13 Å². The summed E-state index contributed by atoms with van der Waals surface area (Å²) in [5, 5.41) is 9.71. The number of carbonyl (C=O) groups is 1. The molecule has 1 atom stereocenters. The van der Waals surface area contributed by atoms with E-state index in [-0.39, 0.29) is 17.9 Å². The molecule has 31 heavy (non-hydrogen) atoms. The number of allylic oxidation sites excluding steroid dienone is 1. The highest BCUT2D eigenvalue weighted by atomic mass is 127. The highest BCUT2D eigenvalue weighted by Crippen LogP contribution is 2.31. The number of aromatic nitrogens is 1. The van der Waals surface area contributed by atoms with Crippen molar-refractivity contribution >= 4 is 46.0 Å². The minimum atomic E-state index is -0.685. The Morgan fingerprint density at radius 2 is 1.90 bits per heavy atom. The van der Waals surface area contributed by atoms with Crippen LogP contribution in [-0.4, -0.2) is 22.2 Å². The second kappa shape index (κ2) is 8.80. The van der Waals surface area contributed by atoms with Crippen LogP contribution >= 0.6 is 33.9 Å². The number of hydrogen-bond acceptors (Lipinski definition) is 6. The summed E-state index contributed by atoms with van der Waals surface area (Å²) in [4.78, 5) is 31.3. The Bertz CT molecular complexity index is 1350. The first-order valence-corrected chi connectivity index (χ1v) is 11.5. The Hall–Kier alpha value is -2.72. The molecule has 0 fully saturated rings. The van der Waals surface area contributed by atoms with E-state index in [1.54, 1.807) is 26.0 Å². The number of phenolic OH excluding ortho intramolecular Hbond substituents is 1. The molecule has 1 aliphatic rings. The zero-order chi connectivity index (χ0) is 22.1. The summed E-state index contributed by atoms with van der Waals surface area (Å²) in [6.45, 7) is 3.70. The first kappa shape index (κ1) is 21.5. The van der Waals surface area contributed by atoms with Gasteiger partial charge in [0.05, 0.1) is 28.5 Å². The van der Waals surface area contributed by atoms with E-state index in [2.05, 4.69) is 27.6 Å². The largest absolute Gasteiger partial charge is 0.508 e. The van der Waals surface area contributed by atoms with Crippen molar-refractivity contribution in [3.05, 3.63) is 94.2 Å². The molecule has 0 saturated carbocycles. The summed E-state index contributed by atoms with van der Waals surface area (Å²) in [5.74, 6) is -0.401. The summed E-state index contributed by atoms with van der Waals surface area (Å²) < 4.78 is 8.44. The number of halogens is 1. The van der Waals surface area contributed by atoms with Crippen molar-refractivity contribution in [3.63, 3.8) is 0 Å². The molecular weight excluding hydrogens is 527 g/mol. The maximum Gasteiger partial charge on any atom is 0.338 e. The third-order valence-electron chi connectivity index (χ3n) is 4.89. The fourth-order valence-corrected chi connectivity index (χ4v) is 4.88. The molecular formula is C23H19IN2O4S. The monoisotopic (exact) mass is 546 g/mol. The lowest BCUT2D eigenvalue weighted by Gasteiger charge is -2.24. The minimum absolute atomic E-state index is 0.105. The average molecular weight is 546 g/mol. The zero-order valence-corrected chi connectivity index (χ0v) is 19.8. The molecule has 0 bridgehead atoms. The number of thiazole rings is 1. The molecule has 158 valence electrons. The number of nitrogens with zero attached hydrogens (tertiary/aromatic N) is 2. The van der Waals surface area contributed by atoms with Gasteiger partial charge < -0.3 is 9.84 Å². The van der Waals surface area contributed by atoms with Crippen LogP contribution < -0.4 is 14.9 Å². The maximum atomic E-state index is 13.4. The molecule has 0 spiro atoms. The van der Waals surface area contributed by atoms with Gasteiger partial charge in [0.15, 0.2) is 4.80 Å². The van der Waals surface area contributed by atoms with Crippen molar-refractivity contribution in [2.75, 3.05) is 6.61 Å². The summed E-state index contributed by atoms with van der Waals surface area (Å²) in [5.41, 5.74) is 2.21. The van der Waals surface area contributed by atoms with E-state index in [4.69, 9.17) is 4.74 Å². The van der Waals surface area contributed by atoms with Crippen LogP contribution in [0, 0.1) is 3.57 Å². The number of rotatable bonds is 4. The molecule has 0 aliphatic carbocycles. The lowest BCUT2D eigenvalue weighted by molar-refractivity contribution is -0.139. The van der Waals surface area contributed by atoms with Gasteiger partial charge in [-0.2, -0.15) is 0 Å². The Kier molecular flexibility index (Phi) is 6.10. The van der Waals surface area contributed by atoms with Crippen LogP contribution in [0.25, 0.3) is 6.08 Å². The van der Waals surface area contributed by atoms with Crippen molar-refractivity contribution in [1.29, 1.82) is 0 Å². The van der Waals surface area contributed by atoms with Gasteiger partial charge in [-0.1, -0.05) is 35.6 Å². The van der Waals surface area contributed by atoms with Crippen LogP contribution in [0.1, 0.15) is 31.0 Å². The lowest BCUT2D eigenvalue weighted by Crippen LogP contribution is -2.39. The molecule has 0 saturated heterocycles. The predicted molar refractivity (Wildman–Crippen MR) is 128 cm³/mol. The standard InChI is InChI=1S/C23H19IN2O4S/c1-3-30-22(29)19-13(2)25-23-26(20(19)15-6-10-17(27)11-7-15)21(28)18(31-23)12-14-4-8-16(24)9-5-14/h4-12,20,27H,3H2,1-2H3/b18-12+/t20-/m1/s1. The Balaban J connectivity index is 1.94. The van der Waals surface area contributed by atoms with Crippen molar-refractivity contribution < 1.29 is 14.6 Å². The Morgan fingerprint density at radius 1 is 1.23 bits per heavy atom. The SMILES string of the molecule is CCOC(=O)C1=C(C)N=c2s/c(=C/c3ccc(I)cc3)c(=O)n2[C@@H]1c1ccc(O)cc1. The minimum Gasteiger partial charge on any atom is -0.508 e. The number of aromatic hydroxyl groups is 1. The fraction of sp³-hybridized carbons (Fsp3) is 0.174. The third-order valence-corrected chi connectivity index (χ3v) is 6.60. The van der Waals surface area contributed by atoms with Gasteiger partial charge in [0.2, 0.25) is 0 Å². The Morgan fingerprint density at radius 3 is 2.55 bits per heavy atom. The lowest BCUT2D eigenvalue weighted by atomic mass is 9.96. The van der Waals surface area contributed by atoms with Gasteiger partial charge in [-0.3, -0.25) is 9.36 Å². The first-order chi connectivity index (χ1) is 14.9. The molecule has 2 heterocycles. The molecule has 1 N–H and O–H groups in total. The van der Waals surface area contributed by atoms with Crippen LogP contribution in [0.2, 0.25) is 0 Å². The molecule has 1 aliphatic heterocycles. The van der Waals surface area contributed by atoms with Crippen molar-refractivity contribution in [1.82, 2.24) is 4.57 Å². The van der Waals surface area contributed by atoms with Crippen LogP contribution in [0.3, 0.4) is 0 Å². The smallest absolute Gasteiger partial charge is 0.338 e. The highest BCUT2D eigenvalue weighted by molar-refractivity contribution is 14.1. The quantitative estimate of drug-likeness (QED) is 0.403. The van der Waals surface area contributed by atoms with E-state index < -0.39 is 12.0 Å². The topological polar surface area (TPSA) is 80.9 Å². The van der Waals surface area contributed by atoms with E-state index in [0.29, 0.717) is 26.2 Å². The number of ether oxygens (including phenoxy) is 1. The van der Waals surface area contributed by atoms with Crippen LogP contribution in [0.15, 0.2) is 69.6 Å². The molecule has 1 aromatic heterocycles. The number of fused-ring (bicyclic) bond motifs is 1. The molecule has 3 aromatic rings. The van der Waals surface area contributed by atoms with Gasteiger partial charge in [-0.05, 0) is 77.9 Å². The third kappa shape index (κ3) is 4.22. The molecule has 8 heteroatoms. The molecule has 4 rings (SSSR count).